The Morgan fingerprint density at radius 1 is 1.43 bits per heavy atom. The molecule has 2 aromatic rings. The first-order chi connectivity index (χ1) is 9.74. The third-order valence-electron chi connectivity index (χ3n) is 2.49. The summed E-state index contributed by atoms with van der Waals surface area (Å²) in [4.78, 5) is 14.1. The Morgan fingerprint density at radius 2 is 2.10 bits per heavy atom. The van der Waals surface area contributed by atoms with Gasteiger partial charge in [0.05, 0.1) is 12.7 Å². The highest BCUT2D eigenvalue weighted by Crippen LogP contribution is 2.37. The first kappa shape index (κ1) is 15.4. The molecule has 0 spiro atoms. The summed E-state index contributed by atoms with van der Waals surface area (Å²) in [6.07, 6.45) is -4.93. The predicted molar refractivity (Wildman–Crippen MR) is 68.2 cm³/mol. The number of benzene rings is 1. The molecule has 0 aliphatic rings. The van der Waals surface area contributed by atoms with Crippen LogP contribution in [0, 0.1) is 0 Å². The number of halogens is 4. The zero-order chi connectivity index (χ0) is 15.8. The number of nitrogens with zero attached hydrogens (tertiary/aromatic N) is 1. The van der Waals surface area contributed by atoms with Crippen molar-refractivity contribution in [2.75, 3.05) is 7.11 Å². The van der Waals surface area contributed by atoms with Crippen molar-refractivity contribution in [3.05, 3.63) is 34.1 Å². The van der Waals surface area contributed by atoms with Gasteiger partial charge >= 0.3 is 12.1 Å². The zero-order valence-corrected chi connectivity index (χ0v) is 11.9. The Morgan fingerprint density at radius 3 is 2.57 bits per heavy atom. The summed E-state index contributed by atoms with van der Waals surface area (Å²) in [5.74, 6) is -3.21. The average Bonchev–Trinajstić information content (AvgIpc) is 2.84. The van der Waals surface area contributed by atoms with Gasteiger partial charge in [-0.2, -0.15) is 13.2 Å². The second-order valence-corrected chi connectivity index (χ2v) is 4.70. The third-order valence-corrected chi connectivity index (χ3v) is 3.19. The van der Waals surface area contributed by atoms with Crippen LogP contribution >= 0.6 is 15.9 Å². The lowest BCUT2D eigenvalue weighted by Crippen LogP contribution is -2.11. The van der Waals surface area contributed by atoms with E-state index in [0.29, 0.717) is 10.2 Å². The van der Waals surface area contributed by atoms with E-state index in [0.717, 1.165) is 0 Å². The van der Waals surface area contributed by atoms with E-state index in [1.807, 2.05) is 0 Å². The Labute approximate surface area is 124 Å². The molecule has 0 bridgehead atoms. The number of aromatic nitrogens is 1. The van der Waals surface area contributed by atoms with E-state index in [2.05, 4.69) is 20.9 Å². The minimum Gasteiger partial charge on any atom is -0.497 e. The lowest BCUT2D eigenvalue weighted by atomic mass is 10.2. The summed E-state index contributed by atoms with van der Waals surface area (Å²) in [5, 5.41) is 8.79. The molecule has 0 aliphatic heterocycles. The fraction of sp³-hybridized carbons (Fsp3) is 0.167. The van der Waals surface area contributed by atoms with Crippen LogP contribution in [0.1, 0.15) is 16.2 Å². The fourth-order valence-corrected chi connectivity index (χ4v) is 1.98. The number of ether oxygens (including phenoxy) is 1. The highest BCUT2D eigenvalue weighted by atomic mass is 79.9. The number of alkyl halides is 3. The molecule has 0 saturated heterocycles. The number of aromatic carboxylic acids is 1. The number of carboxylic acids is 1. The van der Waals surface area contributed by atoms with Gasteiger partial charge in [0.2, 0.25) is 11.7 Å². The molecule has 0 amide bonds. The summed E-state index contributed by atoms with van der Waals surface area (Å²) < 4.78 is 48.4. The molecular weight excluding hydrogens is 359 g/mol. The van der Waals surface area contributed by atoms with Crippen molar-refractivity contribution in [3.63, 3.8) is 0 Å². The molecule has 112 valence electrons. The van der Waals surface area contributed by atoms with Crippen LogP contribution in [-0.2, 0) is 6.18 Å². The van der Waals surface area contributed by atoms with Gasteiger partial charge in [-0.3, -0.25) is 0 Å². The predicted octanol–water partition coefficient (Wildman–Crippen LogP) is 3.83. The number of methoxy groups -OCH3 is 1. The highest BCUT2D eigenvalue weighted by molar-refractivity contribution is 9.10. The lowest BCUT2D eigenvalue weighted by Gasteiger charge is -2.03. The van der Waals surface area contributed by atoms with Gasteiger partial charge in [0.1, 0.15) is 5.75 Å². The Bertz CT molecular complexity index is 696. The third kappa shape index (κ3) is 3.02. The zero-order valence-electron chi connectivity index (χ0n) is 10.4. The van der Waals surface area contributed by atoms with Crippen molar-refractivity contribution >= 4 is 21.9 Å². The molecule has 1 aromatic heterocycles. The van der Waals surface area contributed by atoms with Crippen LogP contribution in [0.15, 0.2) is 27.1 Å². The lowest BCUT2D eigenvalue weighted by molar-refractivity contribution is -0.141. The second kappa shape index (κ2) is 5.40. The van der Waals surface area contributed by atoms with Crippen molar-refractivity contribution in [1.29, 1.82) is 0 Å². The van der Waals surface area contributed by atoms with E-state index in [4.69, 9.17) is 14.3 Å². The van der Waals surface area contributed by atoms with E-state index < -0.39 is 29.5 Å². The van der Waals surface area contributed by atoms with Crippen LogP contribution in [0.2, 0.25) is 0 Å². The van der Waals surface area contributed by atoms with Crippen LogP contribution in [0.5, 0.6) is 5.75 Å². The molecule has 0 radical (unpaired) electrons. The normalized spacial score (nSPS) is 11.5. The quantitative estimate of drug-likeness (QED) is 0.894. The number of hydrogen-bond donors (Lipinski definition) is 1. The van der Waals surface area contributed by atoms with Crippen LogP contribution in [0.3, 0.4) is 0 Å². The molecule has 1 N–H and O–H groups in total. The molecule has 21 heavy (non-hydrogen) atoms. The van der Waals surface area contributed by atoms with Gasteiger partial charge in [-0.15, -0.1) is 0 Å². The van der Waals surface area contributed by atoms with E-state index >= 15 is 0 Å². The summed E-state index contributed by atoms with van der Waals surface area (Å²) in [6.45, 7) is 0. The number of carboxylic acid groups (broad SMARTS) is 1. The molecule has 9 heteroatoms. The molecule has 2 rings (SSSR count). The van der Waals surface area contributed by atoms with Gasteiger partial charge in [0, 0.05) is 4.47 Å². The first-order valence-corrected chi connectivity index (χ1v) is 6.18. The monoisotopic (exact) mass is 365 g/mol. The summed E-state index contributed by atoms with van der Waals surface area (Å²) in [7, 11) is 1.38. The van der Waals surface area contributed by atoms with Crippen LogP contribution in [0.4, 0.5) is 13.2 Å². The van der Waals surface area contributed by atoms with E-state index in [9.17, 15) is 18.0 Å². The number of rotatable bonds is 3. The maximum atomic E-state index is 12.8. The van der Waals surface area contributed by atoms with E-state index in [1.165, 1.54) is 19.2 Å². The highest BCUT2D eigenvalue weighted by Gasteiger charge is 2.41. The molecular formula is C12H7BrF3NO4. The smallest absolute Gasteiger partial charge is 0.437 e. The number of oxazole rings is 1. The Kier molecular flexibility index (Phi) is 3.95. The molecule has 1 aromatic carbocycles. The SMILES string of the molecule is COc1ccc(Br)c(-c2nc(C(F)(F)F)c(C(=O)O)o2)c1. The minimum absolute atomic E-state index is 0.146. The Hall–Kier alpha value is -2.03. The van der Waals surface area contributed by atoms with Gasteiger partial charge in [-0.1, -0.05) is 0 Å². The van der Waals surface area contributed by atoms with Crippen molar-refractivity contribution in [3.8, 4) is 17.2 Å². The van der Waals surface area contributed by atoms with Crippen molar-refractivity contribution < 1.29 is 32.2 Å². The second-order valence-electron chi connectivity index (χ2n) is 3.85. The minimum atomic E-state index is -4.93. The van der Waals surface area contributed by atoms with Gasteiger partial charge in [0.15, 0.2) is 5.69 Å². The molecule has 1 heterocycles. The first-order valence-electron chi connectivity index (χ1n) is 5.39. The van der Waals surface area contributed by atoms with Crippen molar-refractivity contribution in [2.24, 2.45) is 0 Å². The number of hydrogen-bond acceptors (Lipinski definition) is 4. The van der Waals surface area contributed by atoms with Crippen molar-refractivity contribution in [1.82, 2.24) is 4.98 Å². The van der Waals surface area contributed by atoms with E-state index in [-0.39, 0.29) is 5.56 Å². The molecule has 5 nitrogen and oxygen atoms in total. The van der Waals surface area contributed by atoms with Crippen molar-refractivity contribution in [2.45, 2.75) is 6.18 Å². The maximum absolute atomic E-state index is 12.8. The molecule has 0 saturated carbocycles. The molecule has 0 atom stereocenters. The number of carbonyl (C=O) groups is 1. The maximum Gasteiger partial charge on any atom is 0.437 e. The Balaban J connectivity index is 2.63. The van der Waals surface area contributed by atoms with Gasteiger partial charge in [-0.25, -0.2) is 9.78 Å². The summed E-state index contributed by atoms with van der Waals surface area (Å²) in [6, 6.07) is 4.47. The topological polar surface area (TPSA) is 72.6 Å². The summed E-state index contributed by atoms with van der Waals surface area (Å²) >= 11 is 3.13. The molecule has 0 fully saturated rings. The van der Waals surface area contributed by atoms with Gasteiger partial charge < -0.3 is 14.3 Å². The van der Waals surface area contributed by atoms with Crippen LogP contribution < -0.4 is 4.74 Å². The average molecular weight is 366 g/mol. The fourth-order valence-electron chi connectivity index (χ4n) is 1.57. The molecule has 0 aliphatic carbocycles. The standard InChI is InChI=1S/C12H7BrF3NO4/c1-20-5-2-3-7(13)6(4-5)10-17-9(12(14,15)16)8(21-10)11(18)19/h2-4H,1H3,(H,18,19). The van der Waals surface area contributed by atoms with Crippen LogP contribution in [-0.4, -0.2) is 23.2 Å². The summed E-state index contributed by atoms with van der Waals surface area (Å²) in [5.41, 5.74) is -1.44. The van der Waals surface area contributed by atoms with Gasteiger partial charge in [-0.05, 0) is 34.1 Å². The van der Waals surface area contributed by atoms with Crippen LogP contribution in [0.25, 0.3) is 11.5 Å². The largest absolute Gasteiger partial charge is 0.497 e. The molecule has 0 unspecified atom stereocenters. The van der Waals surface area contributed by atoms with E-state index in [1.54, 1.807) is 6.07 Å². The van der Waals surface area contributed by atoms with Gasteiger partial charge in [0.25, 0.3) is 0 Å².